The Hall–Kier alpha value is -2.23. The number of fused-ring (bicyclic) bond motifs is 1. The second-order valence-corrected chi connectivity index (χ2v) is 7.77. The molecule has 4 heteroatoms. The number of hydrogen-bond donors (Lipinski definition) is 1. The van der Waals surface area contributed by atoms with E-state index < -0.39 is 5.60 Å². The maximum absolute atomic E-state index is 12.5. The van der Waals surface area contributed by atoms with Crippen molar-refractivity contribution in [2.45, 2.75) is 51.7 Å². The van der Waals surface area contributed by atoms with Gasteiger partial charge in [-0.15, -0.1) is 0 Å². The van der Waals surface area contributed by atoms with Crippen LogP contribution in [-0.4, -0.2) is 35.7 Å². The molecule has 1 unspecified atom stereocenters. The van der Waals surface area contributed by atoms with Gasteiger partial charge in [-0.25, -0.2) is 4.79 Å². The number of ether oxygens (including phenoxy) is 1. The van der Waals surface area contributed by atoms with Gasteiger partial charge in [0.1, 0.15) is 5.60 Å². The molecule has 0 radical (unpaired) electrons. The Kier molecular flexibility index (Phi) is 5.16. The molecule has 1 amide bonds. The smallest absolute Gasteiger partial charge is 0.410 e. The molecule has 1 heterocycles. The molecule has 0 saturated carbocycles. The highest BCUT2D eigenvalue weighted by Gasteiger charge is 2.30. The van der Waals surface area contributed by atoms with E-state index in [-0.39, 0.29) is 12.1 Å². The van der Waals surface area contributed by atoms with Gasteiger partial charge in [-0.3, -0.25) is 0 Å². The Morgan fingerprint density at radius 1 is 1.16 bits per heavy atom. The van der Waals surface area contributed by atoms with Gasteiger partial charge in [-0.05, 0) is 62.9 Å². The van der Waals surface area contributed by atoms with Gasteiger partial charge in [-0.1, -0.05) is 30.3 Å². The van der Waals surface area contributed by atoms with Gasteiger partial charge in [0.05, 0.1) is 6.04 Å². The lowest BCUT2D eigenvalue weighted by molar-refractivity contribution is 0.0114. The zero-order valence-corrected chi connectivity index (χ0v) is 15.4. The van der Waals surface area contributed by atoms with E-state index in [0.717, 1.165) is 38.0 Å². The SMILES string of the molecule is CC(C)(C)OC(=O)N1CCCCC1CNc1ccc2ccccc2c1. The molecule has 25 heavy (non-hydrogen) atoms. The van der Waals surface area contributed by atoms with Crippen molar-refractivity contribution < 1.29 is 9.53 Å². The van der Waals surface area contributed by atoms with E-state index in [0.29, 0.717) is 0 Å². The van der Waals surface area contributed by atoms with E-state index in [1.807, 2.05) is 25.7 Å². The first kappa shape index (κ1) is 17.6. The first-order valence-electron chi connectivity index (χ1n) is 9.15. The zero-order chi connectivity index (χ0) is 17.9. The molecule has 0 spiro atoms. The highest BCUT2D eigenvalue weighted by Crippen LogP contribution is 2.23. The molecule has 1 N–H and O–H groups in total. The van der Waals surface area contributed by atoms with E-state index in [9.17, 15) is 4.79 Å². The molecule has 1 atom stereocenters. The Bertz CT molecular complexity index is 736. The van der Waals surface area contributed by atoms with Crippen molar-refractivity contribution in [1.82, 2.24) is 4.90 Å². The topological polar surface area (TPSA) is 41.6 Å². The lowest BCUT2D eigenvalue weighted by atomic mass is 10.0. The molecular formula is C21H28N2O2. The molecule has 1 fully saturated rings. The van der Waals surface area contributed by atoms with Crippen LogP contribution in [0, 0.1) is 0 Å². The molecule has 0 bridgehead atoms. The first-order valence-corrected chi connectivity index (χ1v) is 9.15. The summed E-state index contributed by atoms with van der Waals surface area (Å²) in [4.78, 5) is 14.4. The number of nitrogens with zero attached hydrogens (tertiary/aromatic N) is 1. The fourth-order valence-corrected chi connectivity index (χ4v) is 3.31. The summed E-state index contributed by atoms with van der Waals surface area (Å²) in [7, 11) is 0. The molecule has 4 nitrogen and oxygen atoms in total. The lowest BCUT2D eigenvalue weighted by Gasteiger charge is -2.37. The second kappa shape index (κ2) is 7.34. The average Bonchev–Trinajstić information content (AvgIpc) is 2.58. The number of anilines is 1. The zero-order valence-electron chi connectivity index (χ0n) is 15.4. The van der Waals surface area contributed by atoms with E-state index in [1.54, 1.807) is 0 Å². The maximum atomic E-state index is 12.5. The summed E-state index contributed by atoms with van der Waals surface area (Å²) in [6, 6.07) is 14.9. The largest absolute Gasteiger partial charge is 0.444 e. The van der Waals surface area contributed by atoms with Crippen LogP contribution in [0.25, 0.3) is 10.8 Å². The fraction of sp³-hybridized carbons (Fsp3) is 0.476. The van der Waals surface area contributed by atoms with Crippen LogP contribution in [-0.2, 0) is 4.74 Å². The number of piperidine rings is 1. The van der Waals surface area contributed by atoms with Crippen LogP contribution in [0.3, 0.4) is 0 Å². The molecule has 2 aromatic rings. The van der Waals surface area contributed by atoms with Crippen LogP contribution in [0.4, 0.5) is 10.5 Å². The third-order valence-corrected chi connectivity index (χ3v) is 4.55. The Morgan fingerprint density at radius 2 is 1.92 bits per heavy atom. The van der Waals surface area contributed by atoms with Crippen molar-refractivity contribution in [3.8, 4) is 0 Å². The monoisotopic (exact) mass is 340 g/mol. The second-order valence-electron chi connectivity index (χ2n) is 7.77. The Labute approximate surface area is 150 Å². The van der Waals surface area contributed by atoms with Gasteiger partial charge in [0.15, 0.2) is 0 Å². The first-order chi connectivity index (χ1) is 11.9. The number of hydrogen-bond acceptors (Lipinski definition) is 3. The van der Waals surface area contributed by atoms with Crippen LogP contribution >= 0.6 is 0 Å². The van der Waals surface area contributed by atoms with Crippen LogP contribution in [0.5, 0.6) is 0 Å². The highest BCUT2D eigenvalue weighted by molar-refractivity contribution is 5.85. The summed E-state index contributed by atoms with van der Waals surface area (Å²) in [5, 5.41) is 5.96. The standard InChI is InChI=1S/C21H28N2O2/c1-21(2,3)25-20(24)23-13-7-6-10-19(23)15-22-18-12-11-16-8-4-5-9-17(16)14-18/h4-5,8-9,11-12,14,19,22H,6-7,10,13,15H2,1-3H3. The van der Waals surface area contributed by atoms with Gasteiger partial charge in [0.2, 0.25) is 0 Å². The van der Waals surface area contributed by atoms with Crippen LogP contribution in [0.1, 0.15) is 40.0 Å². The van der Waals surface area contributed by atoms with Crippen LogP contribution in [0.2, 0.25) is 0 Å². The predicted octanol–water partition coefficient (Wildman–Crippen LogP) is 5.04. The van der Waals surface area contributed by atoms with Gasteiger partial charge in [0, 0.05) is 18.8 Å². The molecule has 0 aliphatic carbocycles. The molecular weight excluding hydrogens is 312 g/mol. The molecule has 1 saturated heterocycles. The maximum Gasteiger partial charge on any atom is 0.410 e. The summed E-state index contributed by atoms with van der Waals surface area (Å²) in [5.41, 5.74) is 0.638. The molecule has 1 aliphatic heterocycles. The van der Waals surface area contributed by atoms with E-state index >= 15 is 0 Å². The summed E-state index contributed by atoms with van der Waals surface area (Å²) < 4.78 is 5.58. The van der Waals surface area contributed by atoms with Crippen molar-refractivity contribution in [1.29, 1.82) is 0 Å². The number of rotatable bonds is 3. The van der Waals surface area contributed by atoms with Crippen molar-refractivity contribution in [3.05, 3.63) is 42.5 Å². The minimum absolute atomic E-state index is 0.176. The van der Waals surface area contributed by atoms with Crippen molar-refractivity contribution in [2.75, 3.05) is 18.4 Å². The Morgan fingerprint density at radius 3 is 2.68 bits per heavy atom. The lowest BCUT2D eigenvalue weighted by Crippen LogP contribution is -2.48. The molecule has 2 aromatic carbocycles. The van der Waals surface area contributed by atoms with Gasteiger partial charge in [0.25, 0.3) is 0 Å². The highest BCUT2D eigenvalue weighted by atomic mass is 16.6. The average molecular weight is 340 g/mol. The molecule has 1 aliphatic rings. The third-order valence-electron chi connectivity index (χ3n) is 4.55. The molecule has 134 valence electrons. The summed E-state index contributed by atoms with van der Waals surface area (Å²) in [5.74, 6) is 0. The van der Waals surface area contributed by atoms with Crippen molar-refractivity contribution in [2.24, 2.45) is 0 Å². The van der Waals surface area contributed by atoms with E-state index in [2.05, 4.69) is 47.8 Å². The number of amides is 1. The van der Waals surface area contributed by atoms with Crippen molar-refractivity contribution in [3.63, 3.8) is 0 Å². The minimum Gasteiger partial charge on any atom is -0.444 e. The van der Waals surface area contributed by atoms with Gasteiger partial charge in [-0.2, -0.15) is 0 Å². The molecule has 3 rings (SSSR count). The summed E-state index contributed by atoms with van der Waals surface area (Å²) in [6.45, 7) is 7.27. The number of nitrogens with one attached hydrogen (secondary N) is 1. The van der Waals surface area contributed by atoms with Crippen LogP contribution in [0.15, 0.2) is 42.5 Å². The fourth-order valence-electron chi connectivity index (χ4n) is 3.31. The van der Waals surface area contributed by atoms with Gasteiger partial charge >= 0.3 is 6.09 Å². The van der Waals surface area contributed by atoms with E-state index in [4.69, 9.17) is 4.74 Å². The number of likely N-dealkylation sites (tertiary alicyclic amines) is 1. The Balaban J connectivity index is 1.65. The molecule has 0 aromatic heterocycles. The van der Waals surface area contributed by atoms with Crippen molar-refractivity contribution >= 4 is 22.6 Å². The number of carbonyl (C=O) groups excluding carboxylic acids is 1. The number of benzene rings is 2. The van der Waals surface area contributed by atoms with Crippen LogP contribution < -0.4 is 5.32 Å². The third kappa shape index (κ3) is 4.65. The quantitative estimate of drug-likeness (QED) is 0.851. The van der Waals surface area contributed by atoms with E-state index in [1.165, 1.54) is 10.8 Å². The summed E-state index contributed by atoms with van der Waals surface area (Å²) >= 11 is 0. The van der Waals surface area contributed by atoms with Gasteiger partial charge < -0.3 is 15.0 Å². The summed E-state index contributed by atoms with van der Waals surface area (Å²) in [6.07, 6.45) is 3.02. The predicted molar refractivity (Wildman–Crippen MR) is 103 cm³/mol. The minimum atomic E-state index is -0.454. The number of carbonyl (C=O) groups is 1. The normalized spacial score (nSPS) is 18.2.